The summed E-state index contributed by atoms with van der Waals surface area (Å²) in [6, 6.07) is 6.61. The number of hydrogen-bond acceptors (Lipinski definition) is 4. The molecule has 0 aromatic heterocycles. The molecule has 0 amide bonds. The van der Waals surface area contributed by atoms with Gasteiger partial charge < -0.3 is 19.9 Å². The molecule has 0 radical (unpaired) electrons. The molecular formula is C13H17F4NO3. The molecule has 0 aliphatic heterocycles. The van der Waals surface area contributed by atoms with E-state index in [0.717, 1.165) is 0 Å². The van der Waals surface area contributed by atoms with Crippen LogP contribution in [0.5, 0.6) is 11.5 Å². The van der Waals surface area contributed by atoms with Crippen LogP contribution in [0, 0.1) is 0 Å². The van der Waals surface area contributed by atoms with Gasteiger partial charge in [-0.3, -0.25) is 0 Å². The van der Waals surface area contributed by atoms with E-state index >= 15 is 0 Å². The van der Waals surface area contributed by atoms with Crippen LogP contribution in [0.1, 0.15) is 0 Å². The molecule has 0 aliphatic carbocycles. The van der Waals surface area contributed by atoms with E-state index in [0.29, 0.717) is 11.5 Å². The number of benzene rings is 1. The first-order valence-electron chi connectivity index (χ1n) is 6.16. The first-order chi connectivity index (χ1) is 9.85. The van der Waals surface area contributed by atoms with Crippen molar-refractivity contribution < 1.29 is 32.1 Å². The fraction of sp³-hybridized carbons (Fsp3) is 0.538. The Morgan fingerprint density at radius 3 is 2.57 bits per heavy atom. The minimum absolute atomic E-state index is 0.166. The lowest BCUT2D eigenvalue weighted by Crippen LogP contribution is -2.42. The monoisotopic (exact) mass is 311 g/mol. The number of nitrogens with one attached hydrogen (secondary N) is 1. The Bertz CT molecular complexity index is 432. The highest BCUT2D eigenvalue weighted by atomic mass is 19.3. The minimum atomic E-state index is -4.12. The fourth-order valence-corrected chi connectivity index (χ4v) is 1.42. The average Bonchev–Trinajstić information content (AvgIpc) is 2.45. The summed E-state index contributed by atoms with van der Waals surface area (Å²) in [4.78, 5) is 0. The predicted molar refractivity (Wildman–Crippen MR) is 68.3 cm³/mol. The summed E-state index contributed by atoms with van der Waals surface area (Å²) in [7, 11) is 1.49. The summed E-state index contributed by atoms with van der Waals surface area (Å²) in [5.74, 6) is -3.11. The molecule has 0 bridgehead atoms. The van der Waals surface area contributed by atoms with Gasteiger partial charge in [0.2, 0.25) is 0 Å². The summed E-state index contributed by atoms with van der Waals surface area (Å²) < 4.78 is 59.2. The van der Waals surface area contributed by atoms with Gasteiger partial charge in [0, 0.05) is 12.6 Å². The highest BCUT2D eigenvalue weighted by Gasteiger charge is 2.40. The molecule has 0 aliphatic rings. The van der Waals surface area contributed by atoms with Gasteiger partial charge in [0.15, 0.2) is 0 Å². The smallest absolute Gasteiger partial charge is 0.319 e. The Labute approximate surface area is 119 Å². The van der Waals surface area contributed by atoms with Gasteiger partial charge in [-0.05, 0) is 12.1 Å². The second kappa shape index (κ2) is 8.04. The lowest BCUT2D eigenvalue weighted by Gasteiger charge is -2.18. The molecule has 0 saturated heterocycles. The quantitative estimate of drug-likeness (QED) is 0.684. The number of methoxy groups -OCH3 is 1. The molecule has 1 rings (SSSR count). The number of halogens is 4. The molecule has 0 fully saturated rings. The number of hydrogen-bond donors (Lipinski definition) is 2. The van der Waals surface area contributed by atoms with Crippen molar-refractivity contribution in [3.63, 3.8) is 0 Å². The Kier molecular flexibility index (Phi) is 6.70. The summed E-state index contributed by atoms with van der Waals surface area (Å²) in [6.45, 7) is -1.66. The molecule has 8 heteroatoms. The number of alkyl halides is 4. The van der Waals surface area contributed by atoms with Crippen LogP contribution < -0.4 is 14.8 Å². The van der Waals surface area contributed by atoms with Crippen LogP contribution in [-0.4, -0.2) is 50.4 Å². The number of rotatable bonds is 9. The van der Waals surface area contributed by atoms with Gasteiger partial charge in [0.25, 0.3) is 0 Å². The van der Waals surface area contributed by atoms with E-state index in [9.17, 15) is 22.7 Å². The van der Waals surface area contributed by atoms with Crippen LogP contribution in [-0.2, 0) is 0 Å². The maximum absolute atomic E-state index is 12.6. The van der Waals surface area contributed by atoms with E-state index < -0.39 is 25.0 Å². The van der Waals surface area contributed by atoms with Crippen molar-refractivity contribution in [2.45, 2.75) is 18.5 Å². The maximum Gasteiger partial charge on any atom is 0.319 e. The molecule has 1 atom stereocenters. The zero-order chi connectivity index (χ0) is 15.9. The van der Waals surface area contributed by atoms with E-state index in [1.165, 1.54) is 7.11 Å². The van der Waals surface area contributed by atoms with Crippen molar-refractivity contribution in [3.05, 3.63) is 24.3 Å². The number of aliphatic hydroxyl groups is 1. The van der Waals surface area contributed by atoms with Gasteiger partial charge >= 0.3 is 12.3 Å². The predicted octanol–water partition coefficient (Wildman–Crippen LogP) is 1.92. The summed E-state index contributed by atoms with van der Waals surface area (Å²) in [5, 5.41) is 11.6. The van der Waals surface area contributed by atoms with Gasteiger partial charge in [-0.1, -0.05) is 6.07 Å². The van der Waals surface area contributed by atoms with E-state index in [2.05, 4.69) is 5.32 Å². The Morgan fingerprint density at radius 1 is 1.29 bits per heavy atom. The van der Waals surface area contributed by atoms with Crippen molar-refractivity contribution in [2.75, 3.05) is 26.8 Å². The van der Waals surface area contributed by atoms with Crippen molar-refractivity contribution in [3.8, 4) is 11.5 Å². The topological polar surface area (TPSA) is 50.7 Å². The van der Waals surface area contributed by atoms with Crippen molar-refractivity contribution >= 4 is 0 Å². The lowest BCUT2D eigenvalue weighted by atomic mass is 10.3. The third kappa shape index (κ3) is 6.17. The Morgan fingerprint density at radius 2 is 1.95 bits per heavy atom. The average molecular weight is 311 g/mol. The van der Waals surface area contributed by atoms with E-state index in [-0.39, 0.29) is 13.2 Å². The molecule has 21 heavy (non-hydrogen) atoms. The van der Waals surface area contributed by atoms with Gasteiger partial charge in [0.05, 0.1) is 13.7 Å². The lowest BCUT2D eigenvalue weighted by molar-refractivity contribution is -0.125. The van der Waals surface area contributed by atoms with Crippen LogP contribution >= 0.6 is 0 Å². The first-order valence-corrected chi connectivity index (χ1v) is 6.16. The molecule has 1 unspecified atom stereocenters. The summed E-state index contributed by atoms with van der Waals surface area (Å²) in [6.07, 6.45) is -4.85. The van der Waals surface area contributed by atoms with Crippen molar-refractivity contribution in [1.29, 1.82) is 0 Å². The molecule has 2 N–H and O–H groups in total. The molecule has 0 saturated carbocycles. The Balaban J connectivity index is 2.29. The Hall–Kier alpha value is -1.54. The van der Waals surface area contributed by atoms with Crippen molar-refractivity contribution in [2.24, 2.45) is 0 Å². The minimum Gasteiger partial charge on any atom is -0.497 e. The first kappa shape index (κ1) is 17.5. The standard InChI is InChI=1S/C13H17F4NO3/c1-20-10-3-2-4-11(5-10)21-7-9(19)6-18-8-13(16,17)12(14)15/h2-5,9,12,18-19H,6-8H2,1H3. The SMILES string of the molecule is COc1cccc(OCC(O)CNCC(F)(F)C(F)F)c1. The van der Waals surface area contributed by atoms with Crippen LogP contribution in [0.2, 0.25) is 0 Å². The zero-order valence-corrected chi connectivity index (χ0v) is 11.4. The molecular weight excluding hydrogens is 294 g/mol. The number of ether oxygens (including phenoxy) is 2. The molecule has 4 nitrogen and oxygen atoms in total. The third-order valence-corrected chi connectivity index (χ3v) is 2.54. The summed E-state index contributed by atoms with van der Waals surface area (Å²) >= 11 is 0. The van der Waals surface area contributed by atoms with Crippen LogP contribution in [0.25, 0.3) is 0 Å². The second-order valence-corrected chi connectivity index (χ2v) is 4.34. The number of aliphatic hydroxyl groups excluding tert-OH is 1. The van der Waals surface area contributed by atoms with E-state index in [1.54, 1.807) is 24.3 Å². The highest BCUT2D eigenvalue weighted by molar-refractivity contribution is 5.32. The van der Waals surface area contributed by atoms with Gasteiger partial charge in [0.1, 0.15) is 24.2 Å². The fourth-order valence-electron chi connectivity index (χ4n) is 1.42. The second-order valence-electron chi connectivity index (χ2n) is 4.34. The van der Waals surface area contributed by atoms with Gasteiger partial charge in [-0.15, -0.1) is 0 Å². The van der Waals surface area contributed by atoms with Gasteiger partial charge in [-0.25, -0.2) is 8.78 Å². The zero-order valence-electron chi connectivity index (χ0n) is 11.4. The largest absolute Gasteiger partial charge is 0.497 e. The van der Waals surface area contributed by atoms with Crippen LogP contribution in [0.4, 0.5) is 17.6 Å². The molecule has 1 aromatic carbocycles. The van der Waals surface area contributed by atoms with E-state index in [1.807, 2.05) is 0 Å². The molecule has 0 spiro atoms. The van der Waals surface area contributed by atoms with E-state index in [4.69, 9.17) is 9.47 Å². The van der Waals surface area contributed by atoms with Crippen LogP contribution in [0.15, 0.2) is 24.3 Å². The molecule has 120 valence electrons. The molecule has 1 aromatic rings. The molecule has 0 heterocycles. The highest BCUT2D eigenvalue weighted by Crippen LogP contribution is 2.21. The van der Waals surface area contributed by atoms with Crippen LogP contribution in [0.3, 0.4) is 0 Å². The maximum atomic E-state index is 12.6. The van der Waals surface area contributed by atoms with Crippen molar-refractivity contribution in [1.82, 2.24) is 5.32 Å². The third-order valence-electron chi connectivity index (χ3n) is 2.54. The summed E-state index contributed by atoms with van der Waals surface area (Å²) in [5.41, 5.74) is 0. The van der Waals surface area contributed by atoms with Gasteiger partial charge in [-0.2, -0.15) is 8.78 Å². The normalized spacial score (nSPS) is 13.3.